The Kier molecular flexibility index (Phi) is 4.19. The zero-order valence-electron chi connectivity index (χ0n) is 14.3. The molecule has 4 rings (SSSR count). The van der Waals surface area contributed by atoms with Crippen molar-refractivity contribution in [3.8, 4) is 11.4 Å². The molecule has 1 N–H and O–H groups in total. The molecule has 26 heavy (non-hydrogen) atoms. The van der Waals surface area contributed by atoms with Gasteiger partial charge in [-0.3, -0.25) is 0 Å². The highest BCUT2D eigenvalue weighted by molar-refractivity contribution is 5.90. The van der Waals surface area contributed by atoms with Crippen molar-refractivity contribution in [1.82, 2.24) is 9.88 Å². The molecule has 1 aromatic heterocycles. The first-order chi connectivity index (χ1) is 12.8. The van der Waals surface area contributed by atoms with Crippen LogP contribution < -0.4 is 10.1 Å². The number of para-hydroxylation sites is 2. The monoisotopic (exact) mass is 346 g/mol. The molecule has 2 aromatic carbocycles. The van der Waals surface area contributed by atoms with Crippen molar-refractivity contribution in [3.05, 3.63) is 84.2 Å². The van der Waals surface area contributed by atoms with E-state index in [4.69, 9.17) is 9.47 Å². The van der Waals surface area contributed by atoms with Crippen LogP contribution in [0.4, 0.5) is 4.79 Å². The van der Waals surface area contributed by atoms with Crippen LogP contribution >= 0.6 is 0 Å². The molecule has 2 heterocycles. The number of nitrogens with one attached hydrogen (secondary N) is 1. The molecule has 1 aliphatic rings. The Balaban J connectivity index is 1.94. The first-order valence-corrected chi connectivity index (χ1v) is 8.48. The van der Waals surface area contributed by atoms with Gasteiger partial charge in [0.05, 0.1) is 11.4 Å². The van der Waals surface area contributed by atoms with E-state index < -0.39 is 6.09 Å². The summed E-state index contributed by atoms with van der Waals surface area (Å²) in [7, 11) is 0. The van der Waals surface area contributed by atoms with Gasteiger partial charge >= 0.3 is 6.09 Å². The Morgan fingerprint density at radius 1 is 1.04 bits per heavy atom. The summed E-state index contributed by atoms with van der Waals surface area (Å²) in [6.45, 7) is 2.32. The van der Waals surface area contributed by atoms with E-state index in [1.54, 1.807) is 0 Å². The topological polar surface area (TPSA) is 52.5 Å². The van der Waals surface area contributed by atoms with Crippen molar-refractivity contribution in [2.24, 2.45) is 0 Å². The minimum atomic E-state index is -0.516. The maximum Gasteiger partial charge on any atom is 0.412 e. The van der Waals surface area contributed by atoms with Gasteiger partial charge in [0, 0.05) is 18.3 Å². The maximum atomic E-state index is 12.2. The molecule has 0 atom stereocenters. The number of rotatable bonds is 3. The van der Waals surface area contributed by atoms with E-state index in [9.17, 15) is 4.79 Å². The van der Waals surface area contributed by atoms with E-state index in [1.807, 2.05) is 84.4 Å². The number of amides is 1. The molecule has 1 aliphatic heterocycles. The summed E-state index contributed by atoms with van der Waals surface area (Å²) in [6.07, 6.45) is 1.41. The van der Waals surface area contributed by atoms with E-state index >= 15 is 0 Å². The molecule has 0 bridgehead atoms. The van der Waals surface area contributed by atoms with Crippen LogP contribution in [0.15, 0.2) is 72.9 Å². The fraction of sp³-hybridized carbons (Fsp3) is 0.0952. The van der Waals surface area contributed by atoms with Crippen LogP contribution in [0.2, 0.25) is 0 Å². The molecular formula is C21H18N2O3. The molecular weight excluding hydrogens is 328 g/mol. The summed E-state index contributed by atoms with van der Waals surface area (Å²) in [5, 5.41) is 2.67. The van der Waals surface area contributed by atoms with Gasteiger partial charge in [0.25, 0.3) is 0 Å². The van der Waals surface area contributed by atoms with Crippen LogP contribution in [0.1, 0.15) is 18.2 Å². The largest absolute Gasteiger partial charge is 0.451 e. The first kappa shape index (κ1) is 16.0. The second-order valence-electron chi connectivity index (χ2n) is 5.78. The van der Waals surface area contributed by atoms with E-state index in [-0.39, 0.29) is 0 Å². The number of nitrogens with zero attached hydrogens (tertiary/aromatic N) is 1. The average molecular weight is 346 g/mol. The average Bonchev–Trinajstić information content (AvgIpc) is 3.11. The van der Waals surface area contributed by atoms with Gasteiger partial charge in [-0.15, -0.1) is 0 Å². The fourth-order valence-electron chi connectivity index (χ4n) is 2.94. The van der Waals surface area contributed by atoms with Gasteiger partial charge in [0.15, 0.2) is 17.3 Å². The summed E-state index contributed by atoms with van der Waals surface area (Å²) < 4.78 is 13.9. The van der Waals surface area contributed by atoms with Crippen LogP contribution in [0.3, 0.4) is 0 Å². The molecule has 0 saturated heterocycles. The van der Waals surface area contributed by atoms with Crippen LogP contribution in [0, 0.1) is 0 Å². The predicted octanol–water partition coefficient (Wildman–Crippen LogP) is 4.44. The lowest BCUT2D eigenvalue weighted by Gasteiger charge is -2.14. The summed E-state index contributed by atoms with van der Waals surface area (Å²) in [4.78, 5) is 12.2. The molecule has 3 aromatic rings. The van der Waals surface area contributed by atoms with Crippen molar-refractivity contribution in [2.45, 2.75) is 6.92 Å². The van der Waals surface area contributed by atoms with E-state index in [0.29, 0.717) is 23.8 Å². The lowest BCUT2D eigenvalue weighted by atomic mass is 10.1. The zero-order valence-corrected chi connectivity index (χ0v) is 14.3. The van der Waals surface area contributed by atoms with Gasteiger partial charge < -0.3 is 19.4 Å². The van der Waals surface area contributed by atoms with Gasteiger partial charge in [-0.1, -0.05) is 42.5 Å². The Bertz CT molecular complexity index is 974. The van der Waals surface area contributed by atoms with Crippen LogP contribution in [0.25, 0.3) is 17.2 Å². The Labute approximate surface area is 151 Å². The zero-order chi connectivity index (χ0) is 17.9. The SMILES string of the molecule is CCNC(=O)OC1=C(c2ccccc2)Oc2ccccc2-n2cccc21. The third-order valence-corrected chi connectivity index (χ3v) is 4.08. The van der Waals surface area contributed by atoms with Crippen LogP contribution in [0.5, 0.6) is 5.75 Å². The number of hydrogen-bond donors (Lipinski definition) is 1. The number of aromatic nitrogens is 1. The predicted molar refractivity (Wildman–Crippen MR) is 99.8 cm³/mol. The summed E-state index contributed by atoms with van der Waals surface area (Å²) in [5.41, 5.74) is 2.46. The van der Waals surface area contributed by atoms with E-state index in [1.165, 1.54) is 0 Å². The number of alkyl carbamates (subject to hydrolysis) is 1. The van der Waals surface area contributed by atoms with Gasteiger partial charge in [0.1, 0.15) is 0 Å². The third kappa shape index (κ3) is 2.84. The minimum absolute atomic E-state index is 0.378. The molecule has 5 heteroatoms. The maximum absolute atomic E-state index is 12.2. The molecule has 0 saturated carbocycles. The molecule has 1 amide bonds. The van der Waals surface area contributed by atoms with E-state index in [0.717, 1.165) is 16.9 Å². The van der Waals surface area contributed by atoms with Gasteiger partial charge in [-0.25, -0.2) is 4.79 Å². The van der Waals surface area contributed by atoms with Crippen molar-refractivity contribution in [1.29, 1.82) is 0 Å². The number of ether oxygens (including phenoxy) is 2. The van der Waals surface area contributed by atoms with E-state index in [2.05, 4.69) is 5.32 Å². The number of carbonyl (C=O) groups is 1. The number of fused-ring (bicyclic) bond motifs is 3. The van der Waals surface area contributed by atoms with Crippen molar-refractivity contribution < 1.29 is 14.3 Å². The molecule has 0 spiro atoms. The Hall–Kier alpha value is -3.47. The molecule has 0 unspecified atom stereocenters. The smallest absolute Gasteiger partial charge is 0.412 e. The highest BCUT2D eigenvalue weighted by atomic mass is 16.6. The Morgan fingerprint density at radius 2 is 1.81 bits per heavy atom. The lowest BCUT2D eigenvalue weighted by Crippen LogP contribution is -2.24. The number of hydrogen-bond acceptors (Lipinski definition) is 3. The molecule has 0 fully saturated rings. The van der Waals surface area contributed by atoms with Crippen molar-refractivity contribution in [2.75, 3.05) is 6.54 Å². The number of benzene rings is 2. The quantitative estimate of drug-likeness (QED) is 0.763. The highest BCUT2D eigenvalue weighted by Crippen LogP contribution is 2.38. The fourth-order valence-corrected chi connectivity index (χ4v) is 2.94. The molecule has 130 valence electrons. The standard InChI is InChI=1S/C21H18N2O3/c1-2-22-21(24)26-20-17-12-8-14-23(17)16-11-6-7-13-18(16)25-19(20)15-9-4-3-5-10-15/h3-14H,2H2,1H3,(H,22,24). The summed E-state index contributed by atoms with van der Waals surface area (Å²) in [6, 6.07) is 21.2. The third-order valence-electron chi connectivity index (χ3n) is 4.08. The van der Waals surface area contributed by atoms with Crippen molar-refractivity contribution in [3.63, 3.8) is 0 Å². The minimum Gasteiger partial charge on any atom is -0.451 e. The van der Waals surface area contributed by atoms with Gasteiger partial charge in [0.2, 0.25) is 0 Å². The lowest BCUT2D eigenvalue weighted by molar-refractivity contribution is 0.191. The second-order valence-corrected chi connectivity index (χ2v) is 5.78. The van der Waals surface area contributed by atoms with Gasteiger partial charge in [-0.2, -0.15) is 0 Å². The van der Waals surface area contributed by atoms with Crippen molar-refractivity contribution >= 4 is 17.6 Å². The number of carbonyl (C=O) groups excluding carboxylic acids is 1. The Morgan fingerprint density at radius 3 is 2.62 bits per heavy atom. The van der Waals surface area contributed by atoms with Gasteiger partial charge in [-0.05, 0) is 31.2 Å². The first-order valence-electron chi connectivity index (χ1n) is 8.48. The molecule has 5 nitrogen and oxygen atoms in total. The summed E-state index contributed by atoms with van der Waals surface area (Å²) >= 11 is 0. The molecule has 0 aliphatic carbocycles. The molecule has 0 radical (unpaired) electrons. The normalized spacial score (nSPS) is 12.5. The van der Waals surface area contributed by atoms with Crippen LogP contribution in [-0.4, -0.2) is 17.2 Å². The summed E-state index contributed by atoms with van der Waals surface area (Å²) in [5.74, 6) is 1.57. The van der Waals surface area contributed by atoms with Crippen LogP contribution in [-0.2, 0) is 4.74 Å². The highest BCUT2D eigenvalue weighted by Gasteiger charge is 2.26. The second kappa shape index (κ2) is 6.80.